The van der Waals surface area contributed by atoms with E-state index in [1.807, 2.05) is 0 Å². The second kappa shape index (κ2) is 4.52. The van der Waals surface area contributed by atoms with Crippen LogP contribution in [0.5, 0.6) is 11.5 Å². The summed E-state index contributed by atoms with van der Waals surface area (Å²) in [4.78, 5) is 5.74. The minimum atomic E-state index is -4.87. The number of aromatic hydroxyl groups is 1. The number of rotatable bonds is 4. The van der Waals surface area contributed by atoms with Gasteiger partial charge in [0.15, 0.2) is 11.5 Å². The van der Waals surface area contributed by atoms with Gasteiger partial charge in [0.05, 0.1) is 0 Å². The van der Waals surface area contributed by atoms with E-state index < -0.39 is 22.4 Å². The SMILES string of the molecule is O=Cc1ccc(O)c(OC(F)(F)C(F)(F)Br)c1. The Kier molecular flexibility index (Phi) is 3.65. The number of benzene rings is 1. The molecule has 1 rings (SSSR count). The summed E-state index contributed by atoms with van der Waals surface area (Å²) in [5.74, 6) is -1.70. The molecule has 1 aromatic rings. The lowest BCUT2D eigenvalue weighted by Gasteiger charge is -2.22. The van der Waals surface area contributed by atoms with Crippen LogP contribution in [0.2, 0.25) is 0 Å². The van der Waals surface area contributed by atoms with Gasteiger partial charge in [0.2, 0.25) is 0 Å². The molecule has 0 aliphatic rings. The van der Waals surface area contributed by atoms with Crippen molar-refractivity contribution in [2.24, 2.45) is 0 Å². The molecule has 0 saturated carbocycles. The zero-order valence-electron chi connectivity index (χ0n) is 7.96. The number of alkyl halides is 5. The van der Waals surface area contributed by atoms with Crippen LogP contribution in [0.1, 0.15) is 10.4 Å². The van der Waals surface area contributed by atoms with E-state index in [4.69, 9.17) is 5.11 Å². The topological polar surface area (TPSA) is 46.5 Å². The quantitative estimate of drug-likeness (QED) is 0.527. The van der Waals surface area contributed by atoms with E-state index >= 15 is 0 Å². The summed E-state index contributed by atoms with van der Waals surface area (Å²) in [7, 11) is 0. The molecule has 3 nitrogen and oxygen atoms in total. The number of hydrogen-bond donors (Lipinski definition) is 1. The lowest BCUT2D eigenvalue weighted by Crippen LogP contribution is -2.40. The Morgan fingerprint density at radius 3 is 2.35 bits per heavy atom. The fourth-order valence-corrected chi connectivity index (χ4v) is 0.963. The second-order valence-electron chi connectivity index (χ2n) is 2.96. The Bertz CT molecular complexity index is 431. The van der Waals surface area contributed by atoms with Gasteiger partial charge in [-0.15, -0.1) is 0 Å². The lowest BCUT2D eigenvalue weighted by atomic mass is 10.2. The maximum absolute atomic E-state index is 12.8. The van der Waals surface area contributed by atoms with Crippen molar-refractivity contribution in [2.45, 2.75) is 10.9 Å². The number of phenolic OH excluding ortho intramolecular Hbond substituents is 1. The number of carbonyl (C=O) groups excluding carboxylic acids is 1. The minimum absolute atomic E-state index is 0.105. The van der Waals surface area contributed by atoms with E-state index in [9.17, 15) is 22.4 Å². The molecule has 0 radical (unpaired) electrons. The highest BCUT2D eigenvalue weighted by Gasteiger charge is 2.58. The lowest BCUT2D eigenvalue weighted by molar-refractivity contribution is -0.266. The molecule has 0 bridgehead atoms. The first-order valence-electron chi connectivity index (χ1n) is 4.09. The van der Waals surface area contributed by atoms with Crippen molar-refractivity contribution in [3.05, 3.63) is 23.8 Å². The third-order valence-electron chi connectivity index (χ3n) is 1.69. The molecule has 94 valence electrons. The van der Waals surface area contributed by atoms with E-state index in [0.717, 1.165) is 18.2 Å². The van der Waals surface area contributed by atoms with E-state index in [1.54, 1.807) is 0 Å². The number of aldehydes is 1. The van der Waals surface area contributed by atoms with E-state index in [0.29, 0.717) is 0 Å². The van der Waals surface area contributed by atoms with Gasteiger partial charge in [0.25, 0.3) is 0 Å². The molecular formula is C9H5BrF4O3. The van der Waals surface area contributed by atoms with Crippen molar-refractivity contribution in [1.29, 1.82) is 0 Å². The summed E-state index contributed by atoms with van der Waals surface area (Å²) in [5, 5.41) is 9.13. The van der Waals surface area contributed by atoms with Crippen molar-refractivity contribution in [2.75, 3.05) is 0 Å². The van der Waals surface area contributed by atoms with Gasteiger partial charge in [-0.3, -0.25) is 4.79 Å². The summed E-state index contributed by atoms with van der Waals surface area (Å²) in [5.41, 5.74) is -0.105. The molecule has 0 heterocycles. The van der Waals surface area contributed by atoms with Crippen LogP contribution in [0.4, 0.5) is 17.6 Å². The highest BCUT2D eigenvalue weighted by molar-refractivity contribution is 9.10. The van der Waals surface area contributed by atoms with E-state index in [-0.39, 0.29) is 11.8 Å². The molecule has 0 fully saturated rings. The van der Waals surface area contributed by atoms with Crippen molar-refractivity contribution >= 4 is 22.2 Å². The van der Waals surface area contributed by atoms with E-state index in [2.05, 4.69) is 4.74 Å². The van der Waals surface area contributed by atoms with Gasteiger partial charge in [-0.1, -0.05) is 0 Å². The number of carbonyl (C=O) groups is 1. The average Bonchev–Trinajstić information content (AvgIpc) is 2.19. The number of phenols is 1. The summed E-state index contributed by atoms with van der Waals surface area (Å²) >= 11 is 1.46. The second-order valence-corrected chi connectivity index (χ2v) is 3.96. The van der Waals surface area contributed by atoms with Gasteiger partial charge >= 0.3 is 10.9 Å². The van der Waals surface area contributed by atoms with Crippen LogP contribution in [0.15, 0.2) is 18.2 Å². The van der Waals surface area contributed by atoms with Gasteiger partial charge in [0.1, 0.15) is 6.29 Å². The predicted octanol–water partition coefficient (Wildman–Crippen LogP) is 3.16. The Hall–Kier alpha value is -1.31. The van der Waals surface area contributed by atoms with Gasteiger partial charge in [-0.05, 0) is 18.2 Å². The monoisotopic (exact) mass is 316 g/mol. The van der Waals surface area contributed by atoms with Crippen LogP contribution in [0.25, 0.3) is 0 Å². The molecule has 0 aliphatic heterocycles. The van der Waals surface area contributed by atoms with Crippen LogP contribution in [-0.2, 0) is 0 Å². The number of hydrogen-bond acceptors (Lipinski definition) is 3. The highest BCUT2D eigenvalue weighted by Crippen LogP contribution is 2.42. The molecule has 1 N–H and O–H groups in total. The Morgan fingerprint density at radius 1 is 1.29 bits per heavy atom. The molecule has 1 aromatic carbocycles. The van der Waals surface area contributed by atoms with Gasteiger partial charge in [-0.25, -0.2) is 0 Å². The molecule has 0 atom stereocenters. The zero-order valence-corrected chi connectivity index (χ0v) is 9.55. The maximum atomic E-state index is 12.8. The summed E-state index contributed by atoms with van der Waals surface area (Å²) in [6, 6.07) is 2.70. The van der Waals surface area contributed by atoms with Crippen LogP contribution < -0.4 is 4.74 Å². The molecule has 8 heteroatoms. The summed E-state index contributed by atoms with van der Waals surface area (Å²) in [6.07, 6.45) is -4.58. The molecule has 0 amide bonds. The van der Waals surface area contributed by atoms with Crippen molar-refractivity contribution in [3.8, 4) is 11.5 Å². The van der Waals surface area contributed by atoms with Crippen LogP contribution >= 0.6 is 15.9 Å². The van der Waals surface area contributed by atoms with Crippen LogP contribution in [0, 0.1) is 0 Å². The molecule has 0 aliphatic carbocycles. The first-order chi connectivity index (χ1) is 7.67. The fraction of sp³-hybridized carbons (Fsp3) is 0.222. The van der Waals surface area contributed by atoms with Gasteiger partial charge in [-0.2, -0.15) is 17.6 Å². The first kappa shape index (κ1) is 13.8. The molecule has 17 heavy (non-hydrogen) atoms. The van der Waals surface area contributed by atoms with Gasteiger partial charge in [0, 0.05) is 21.5 Å². The fourth-order valence-electron chi connectivity index (χ4n) is 0.882. The number of ether oxygens (including phenoxy) is 1. The third kappa shape index (κ3) is 3.09. The summed E-state index contributed by atoms with van der Waals surface area (Å²) < 4.78 is 54.1. The Morgan fingerprint density at radius 2 is 1.88 bits per heavy atom. The molecule has 0 spiro atoms. The molecular weight excluding hydrogens is 312 g/mol. The smallest absolute Gasteiger partial charge is 0.475 e. The largest absolute Gasteiger partial charge is 0.504 e. The first-order valence-corrected chi connectivity index (χ1v) is 4.88. The number of halogens is 5. The van der Waals surface area contributed by atoms with E-state index in [1.165, 1.54) is 15.9 Å². The predicted molar refractivity (Wildman–Crippen MR) is 52.9 cm³/mol. The standard InChI is InChI=1S/C9H5BrF4O3/c10-8(11,12)9(13,14)17-7-3-5(4-15)1-2-6(7)16/h1-4,16H. The van der Waals surface area contributed by atoms with Crippen molar-refractivity contribution in [1.82, 2.24) is 0 Å². The molecule has 0 aromatic heterocycles. The van der Waals surface area contributed by atoms with Crippen molar-refractivity contribution in [3.63, 3.8) is 0 Å². The van der Waals surface area contributed by atoms with Crippen molar-refractivity contribution < 1.29 is 32.2 Å². The minimum Gasteiger partial charge on any atom is -0.504 e. The van der Waals surface area contributed by atoms with Crippen LogP contribution in [0.3, 0.4) is 0 Å². The Balaban J connectivity index is 3.06. The maximum Gasteiger partial charge on any atom is 0.475 e. The molecule has 0 unspecified atom stereocenters. The normalized spacial score (nSPS) is 12.3. The van der Waals surface area contributed by atoms with Crippen LogP contribution in [-0.4, -0.2) is 22.3 Å². The summed E-state index contributed by atoms with van der Waals surface area (Å²) in [6.45, 7) is 0. The highest BCUT2D eigenvalue weighted by atomic mass is 79.9. The third-order valence-corrected chi connectivity index (χ3v) is 2.15. The average molecular weight is 317 g/mol. The molecule has 0 saturated heterocycles. The zero-order chi connectivity index (χ0) is 13.3. The van der Waals surface area contributed by atoms with Gasteiger partial charge < -0.3 is 9.84 Å². The Labute approximate surface area is 101 Å².